The molecular formula is C22H21N3O3S. The molecule has 0 saturated carbocycles. The summed E-state index contributed by atoms with van der Waals surface area (Å²) in [5.74, 6) is 2.09. The summed E-state index contributed by atoms with van der Waals surface area (Å²) in [7, 11) is 0. The molecular weight excluding hydrogens is 386 g/mol. The van der Waals surface area contributed by atoms with Gasteiger partial charge in [0.2, 0.25) is 6.10 Å². The van der Waals surface area contributed by atoms with E-state index in [2.05, 4.69) is 41.1 Å². The topological polar surface area (TPSA) is 65.4 Å². The predicted molar refractivity (Wildman–Crippen MR) is 111 cm³/mol. The lowest BCUT2D eigenvalue weighted by Gasteiger charge is -2.25. The second-order valence-electron chi connectivity index (χ2n) is 7.14. The summed E-state index contributed by atoms with van der Waals surface area (Å²) >= 11 is 1.75. The van der Waals surface area contributed by atoms with E-state index in [1.165, 1.54) is 5.56 Å². The Morgan fingerprint density at radius 2 is 2.00 bits per heavy atom. The first kappa shape index (κ1) is 18.1. The van der Waals surface area contributed by atoms with Gasteiger partial charge in [0.15, 0.2) is 16.7 Å². The van der Waals surface area contributed by atoms with E-state index in [4.69, 9.17) is 14.5 Å². The van der Waals surface area contributed by atoms with Crippen molar-refractivity contribution in [1.82, 2.24) is 14.9 Å². The molecule has 5 rings (SSSR count). The van der Waals surface area contributed by atoms with Crippen molar-refractivity contribution in [2.75, 3.05) is 12.4 Å². The van der Waals surface area contributed by atoms with Crippen LogP contribution in [0.1, 0.15) is 11.3 Å². The molecule has 0 unspecified atom stereocenters. The second kappa shape index (κ2) is 7.48. The standard InChI is InChI=1S/C22H21N3O3S/c1-14-6-8-15(9-7-14)20-16(25-10-11-29-22(25)24-20)12-23-21(26)19-13-27-17-4-2-3-5-18(17)28-19/h2-9,19H,10-13H2,1H3,(H,23,26)/t19-/m0/s1. The molecule has 0 saturated heterocycles. The number of benzene rings is 2. The van der Waals surface area contributed by atoms with Crippen molar-refractivity contribution >= 4 is 17.7 Å². The quantitative estimate of drug-likeness (QED) is 0.718. The molecule has 1 N–H and O–H groups in total. The number of imidazole rings is 1. The minimum atomic E-state index is -0.664. The summed E-state index contributed by atoms with van der Waals surface area (Å²) in [5.41, 5.74) is 4.23. The first-order valence-corrected chi connectivity index (χ1v) is 10.6. The van der Waals surface area contributed by atoms with Gasteiger partial charge < -0.3 is 19.4 Å². The number of para-hydroxylation sites is 2. The van der Waals surface area contributed by atoms with Gasteiger partial charge in [-0.15, -0.1) is 0 Å². The average molecular weight is 407 g/mol. The van der Waals surface area contributed by atoms with E-state index in [0.717, 1.165) is 34.4 Å². The molecule has 148 valence electrons. The number of carbonyl (C=O) groups is 1. The minimum absolute atomic E-state index is 0.185. The first-order valence-electron chi connectivity index (χ1n) is 9.64. The zero-order valence-corrected chi connectivity index (χ0v) is 16.9. The van der Waals surface area contributed by atoms with Crippen LogP contribution in [0, 0.1) is 6.92 Å². The Labute approximate surface area is 173 Å². The van der Waals surface area contributed by atoms with E-state index in [9.17, 15) is 4.79 Å². The smallest absolute Gasteiger partial charge is 0.265 e. The fraction of sp³-hybridized carbons (Fsp3) is 0.273. The van der Waals surface area contributed by atoms with Crippen LogP contribution in [-0.4, -0.2) is 33.9 Å². The molecule has 1 amide bonds. The number of ether oxygens (including phenoxy) is 2. The van der Waals surface area contributed by atoms with Gasteiger partial charge in [-0.2, -0.15) is 0 Å². The maximum Gasteiger partial charge on any atom is 0.265 e. The van der Waals surface area contributed by atoms with Crippen LogP contribution in [0.15, 0.2) is 53.7 Å². The second-order valence-corrected chi connectivity index (χ2v) is 8.20. The van der Waals surface area contributed by atoms with Crippen LogP contribution in [0.2, 0.25) is 0 Å². The van der Waals surface area contributed by atoms with Gasteiger partial charge in [0.1, 0.15) is 6.61 Å². The molecule has 6 nitrogen and oxygen atoms in total. The van der Waals surface area contributed by atoms with Crippen LogP contribution in [0.4, 0.5) is 0 Å². The van der Waals surface area contributed by atoms with Gasteiger partial charge in [-0.1, -0.05) is 53.7 Å². The maximum absolute atomic E-state index is 12.7. The molecule has 2 aromatic carbocycles. The fourth-order valence-corrected chi connectivity index (χ4v) is 4.56. The van der Waals surface area contributed by atoms with Crippen molar-refractivity contribution in [1.29, 1.82) is 0 Å². The number of nitrogens with zero attached hydrogens (tertiary/aromatic N) is 2. The van der Waals surface area contributed by atoms with Crippen molar-refractivity contribution in [2.45, 2.75) is 31.3 Å². The van der Waals surface area contributed by atoms with Crippen LogP contribution in [0.3, 0.4) is 0 Å². The Hall–Kier alpha value is -2.93. The van der Waals surface area contributed by atoms with Crippen molar-refractivity contribution in [3.63, 3.8) is 0 Å². The average Bonchev–Trinajstić information content (AvgIpc) is 3.34. The number of rotatable bonds is 4. The molecule has 0 bridgehead atoms. The third kappa shape index (κ3) is 3.46. The maximum atomic E-state index is 12.7. The fourth-order valence-electron chi connectivity index (χ4n) is 3.59. The number of aryl methyl sites for hydroxylation is 1. The Bertz CT molecular complexity index is 1060. The molecule has 0 radical (unpaired) electrons. The highest BCUT2D eigenvalue weighted by Gasteiger charge is 2.28. The number of thioether (sulfide) groups is 1. The molecule has 3 aromatic rings. The highest BCUT2D eigenvalue weighted by atomic mass is 32.2. The summed E-state index contributed by atoms with van der Waals surface area (Å²) in [5, 5.41) is 4.03. The van der Waals surface area contributed by atoms with E-state index in [1.807, 2.05) is 24.3 Å². The van der Waals surface area contributed by atoms with Crippen LogP contribution in [-0.2, 0) is 17.9 Å². The zero-order chi connectivity index (χ0) is 19.8. The monoisotopic (exact) mass is 407 g/mol. The van der Waals surface area contributed by atoms with Crippen LogP contribution >= 0.6 is 11.8 Å². The molecule has 1 aromatic heterocycles. The largest absolute Gasteiger partial charge is 0.485 e. The Kier molecular flexibility index (Phi) is 4.67. The number of carbonyl (C=O) groups excluding carboxylic acids is 1. The summed E-state index contributed by atoms with van der Waals surface area (Å²) in [6.45, 7) is 3.57. The lowest BCUT2D eigenvalue weighted by Crippen LogP contribution is -2.43. The molecule has 1 atom stereocenters. The number of hydrogen-bond acceptors (Lipinski definition) is 5. The van der Waals surface area contributed by atoms with E-state index >= 15 is 0 Å². The van der Waals surface area contributed by atoms with E-state index in [-0.39, 0.29) is 12.5 Å². The predicted octanol–water partition coefficient (Wildman–Crippen LogP) is 3.42. The minimum Gasteiger partial charge on any atom is -0.485 e. The van der Waals surface area contributed by atoms with E-state index < -0.39 is 6.10 Å². The van der Waals surface area contributed by atoms with Gasteiger partial charge >= 0.3 is 0 Å². The molecule has 0 spiro atoms. The van der Waals surface area contributed by atoms with Crippen LogP contribution < -0.4 is 14.8 Å². The molecule has 0 fully saturated rings. The Balaban J connectivity index is 1.34. The summed E-state index contributed by atoms with van der Waals surface area (Å²) in [6, 6.07) is 15.7. The number of amides is 1. The van der Waals surface area contributed by atoms with Gasteiger partial charge in [0, 0.05) is 17.9 Å². The number of fused-ring (bicyclic) bond motifs is 2. The summed E-state index contributed by atoms with van der Waals surface area (Å²) in [6.07, 6.45) is -0.664. The normalized spacial score (nSPS) is 17.1. The van der Waals surface area contributed by atoms with E-state index in [0.29, 0.717) is 18.0 Å². The first-order chi connectivity index (χ1) is 14.2. The third-order valence-electron chi connectivity index (χ3n) is 5.14. The number of nitrogens with one attached hydrogen (secondary N) is 1. The number of aromatic nitrogens is 2. The van der Waals surface area contributed by atoms with Crippen molar-refractivity contribution in [3.8, 4) is 22.8 Å². The summed E-state index contributed by atoms with van der Waals surface area (Å²) in [4.78, 5) is 17.6. The third-order valence-corrected chi connectivity index (χ3v) is 6.10. The highest BCUT2D eigenvalue weighted by molar-refractivity contribution is 7.99. The van der Waals surface area contributed by atoms with Gasteiger partial charge in [-0.3, -0.25) is 4.79 Å². The summed E-state index contributed by atoms with van der Waals surface area (Å²) < 4.78 is 13.7. The lowest BCUT2D eigenvalue weighted by atomic mass is 10.1. The highest BCUT2D eigenvalue weighted by Crippen LogP contribution is 2.34. The van der Waals surface area contributed by atoms with Gasteiger partial charge in [0.25, 0.3) is 5.91 Å². The molecule has 2 aliphatic heterocycles. The van der Waals surface area contributed by atoms with Gasteiger partial charge in [-0.05, 0) is 19.1 Å². The molecule has 3 heterocycles. The van der Waals surface area contributed by atoms with Gasteiger partial charge in [-0.25, -0.2) is 4.98 Å². The Morgan fingerprint density at radius 3 is 2.83 bits per heavy atom. The SMILES string of the molecule is Cc1ccc(-c2nc3n(c2CNC(=O)[C@@H]2COc4ccccc4O2)CCS3)cc1. The lowest BCUT2D eigenvalue weighted by molar-refractivity contribution is -0.130. The Morgan fingerprint density at radius 1 is 1.21 bits per heavy atom. The molecule has 7 heteroatoms. The van der Waals surface area contributed by atoms with Crippen molar-refractivity contribution in [2.24, 2.45) is 0 Å². The van der Waals surface area contributed by atoms with Crippen LogP contribution in [0.25, 0.3) is 11.3 Å². The van der Waals surface area contributed by atoms with Crippen molar-refractivity contribution < 1.29 is 14.3 Å². The number of hydrogen-bond donors (Lipinski definition) is 1. The molecule has 2 aliphatic rings. The molecule has 0 aliphatic carbocycles. The van der Waals surface area contributed by atoms with E-state index in [1.54, 1.807) is 11.8 Å². The zero-order valence-electron chi connectivity index (χ0n) is 16.1. The molecule has 29 heavy (non-hydrogen) atoms. The van der Waals surface area contributed by atoms with Gasteiger partial charge in [0.05, 0.1) is 17.9 Å². The van der Waals surface area contributed by atoms with Crippen molar-refractivity contribution in [3.05, 3.63) is 59.8 Å². The van der Waals surface area contributed by atoms with Crippen LogP contribution in [0.5, 0.6) is 11.5 Å².